The van der Waals surface area contributed by atoms with Crippen LogP contribution in [0.25, 0.3) is 0 Å². The van der Waals surface area contributed by atoms with Crippen LogP contribution >= 0.6 is 58.4 Å². The SMILES string of the molecule is S=c1sc2c(s1)S[C@@H]1CC=C[C@H]1S2. The molecule has 0 nitrogen and oxygen atoms in total. The number of thioether (sulfide) groups is 2. The highest BCUT2D eigenvalue weighted by Gasteiger charge is 2.32. The Labute approximate surface area is 98.5 Å². The van der Waals surface area contributed by atoms with Crippen LogP contribution in [-0.2, 0) is 0 Å². The average Bonchev–Trinajstić information content (AvgIpc) is 2.63. The van der Waals surface area contributed by atoms with E-state index in [4.69, 9.17) is 12.2 Å². The molecule has 1 aromatic heterocycles. The summed E-state index contributed by atoms with van der Waals surface area (Å²) in [6.07, 6.45) is 5.89. The van der Waals surface area contributed by atoms with Crippen molar-refractivity contribution in [2.75, 3.05) is 0 Å². The van der Waals surface area contributed by atoms with Gasteiger partial charge in [0.2, 0.25) is 0 Å². The van der Waals surface area contributed by atoms with Crippen LogP contribution in [0.1, 0.15) is 6.42 Å². The summed E-state index contributed by atoms with van der Waals surface area (Å²) in [5.74, 6) is 0. The van der Waals surface area contributed by atoms with Gasteiger partial charge in [0.25, 0.3) is 0 Å². The Bertz CT molecular complexity index is 412. The molecule has 2 atom stereocenters. The summed E-state index contributed by atoms with van der Waals surface area (Å²) < 4.78 is 3.99. The van der Waals surface area contributed by atoms with Gasteiger partial charge in [0.05, 0.1) is 8.42 Å². The summed E-state index contributed by atoms with van der Waals surface area (Å²) in [6, 6.07) is 0. The minimum absolute atomic E-state index is 0.706. The first-order chi connectivity index (χ1) is 6.33. The molecule has 68 valence electrons. The first-order valence-electron chi connectivity index (χ1n) is 3.97. The number of rotatable bonds is 0. The van der Waals surface area contributed by atoms with Crippen LogP contribution in [0.2, 0.25) is 0 Å². The maximum absolute atomic E-state index is 5.20. The quantitative estimate of drug-likeness (QED) is 0.501. The summed E-state index contributed by atoms with van der Waals surface area (Å²) in [5.41, 5.74) is 0. The monoisotopic (exact) mass is 262 g/mol. The van der Waals surface area contributed by atoms with Gasteiger partial charge in [-0.1, -0.05) is 24.4 Å². The molecule has 0 amide bonds. The fraction of sp³-hybridized carbons (Fsp3) is 0.375. The largest absolute Gasteiger partial charge is 0.145 e. The molecule has 5 heteroatoms. The maximum Gasteiger partial charge on any atom is 0.145 e. The van der Waals surface area contributed by atoms with E-state index in [0.717, 1.165) is 8.39 Å². The molecule has 0 N–H and O–H groups in total. The highest BCUT2D eigenvalue weighted by molar-refractivity contribution is 8.09. The van der Waals surface area contributed by atoms with Crippen LogP contribution in [0.3, 0.4) is 0 Å². The second-order valence-electron chi connectivity index (χ2n) is 2.93. The van der Waals surface area contributed by atoms with E-state index in [-0.39, 0.29) is 0 Å². The van der Waals surface area contributed by atoms with Crippen LogP contribution in [0.15, 0.2) is 20.6 Å². The molecule has 0 fully saturated rings. The van der Waals surface area contributed by atoms with E-state index in [2.05, 4.69) is 12.2 Å². The smallest absolute Gasteiger partial charge is 0.108 e. The summed E-state index contributed by atoms with van der Waals surface area (Å²) >= 11 is 12.8. The van der Waals surface area contributed by atoms with Crippen LogP contribution in [0, 0.1) is 3.14 Å². The summed E-state index contributed by atoms with van der Waals surface area (Å²) in [6.45, 7) is 0. The van der Waals surface area contributed by atoms with Crippen molar-refractivity contribution >= 4 is 58.4 Å². The van der Waals surface area contributed by atoms with E-state index in [1.807, 2.05) is 23.5 Å². The lowest BCUT2D eigenvalue weighted by atomic mass is 10.3. The van der Waals surface area contributed by atoms with Gasteiger partial charge in [0.1, 0.15) is 3.14 Å². The highest BCUT2D eigenvalue weighted by Crippen LogP contribution is 2.53. The third-order valence-electron chi connectivity index (χ3n) is 2.08. The number of fused-ring (bicyclic) bond motifs is 2. The lowest BCUT2D eigenvalue weighted by Crippen LogP contribution is -2.14. The van der Waals surface area contributed by atoms with Crippen molar-refractivity contribution in [1.82, 2.24) is 0 Å². The van der Waals surface area contributed by atoms with Crippen molar-refractivity contribution in [1.29, 1.82) is 0 Å². The van der Waals surface area contributed by atoms with Gasteiger partial charge >= 0.3 is 0 Å². The van der Waals surface area contributed by atoms with Crippen molar-refractivity contribution in [3.63, 3.8) is 0 Å². The molecule has 2 heterocycles. The van der Waals surface area contributed by atoms with E-state index >= 15 is 0 Å². The Balaban J connectivity index is 2.03. The van der Waals surface area contributed by atoms with Crippen molar-refractivity contribution in [3.05, 3.63) is 15.3 Å². The third kappa shape index (κ3) is 1.55. The first kappa shape index (κ1) is 8.97. The molecule has 0 bridgehead atoms. The fourth-order valence-corrected chi connectivity index (χ4v) is 8.36. The van der Waals surface area contributed by atoms with Gasteiger partial charge in [-0.2, -0.15) is 0 Å². The molecule has 0 spiro atoms. The van der Waals surface area contributed by atoms with Gasteiger partial charge < -0.3 is 0 Å². The average molecular weight is 262 g/mol. The molecule has 3 rings (SSSR count). The van der Waals surface area contributed by atoms with Crippen LogP contribution < -0.4 is 0 Å². The van der Waals surface area contributed by atoms with E-state index in [9.17, 15) is 0 Å². The molecule has 1 aliphatic heterocycles. The molecule has 0 saturated heterocycles. The molecule has 0 unspecified atom stereocenters. The van der Waals surface area contributed by atoms with Crippen LogP contribution in [0.5, 0.6) is 0 Å². The normalized spacial score (nSPS) is 30.2. The highest BCUT2D eigenvalue weighted by atomic mass is 32.2. The molecule has 1 aliphatic carbocycles. The number of hydrogen-bond acceptors (Lipinski definition) is 5. The molecule has 13 heavy (non-hydrogen) atoms. The molecule has 2 aliphatic rings. The summed E-state index contributed by atoms with van der Waals surface area (Å²) in [7, 11) is 0. The standard InChI is InChI=1S/C8H6S5/c9-8-12-6-7(13-8)11-5-3-1-2-4(5)10-6/h1-2,4-5H,3H2/t4-,5-/m1/s1. The zero-order valence-corrected chi connectivity index (χ0v) is 10.6. The van der Waals surface area contributed by atoms with Crippen LogP contribution in [0.4, 0.5) is 0 Å². The maximum atomic E-state index is 5.20. The number of hydrogen-bond donors (Lipinski definition) is 0. The zero-order chi connectivity index (χ0) is 8.84. The second-order valence-corrected chi connectivity index (χ2v) is 9.11. The molecule has 0 saturated carbocycles. The van der Waals surface area contributed by atoms with E-state index in [1.165, 1.54) is 14.8 Å². The summed E-state index contributed by atoms with van der Waals surface area (Å²) in [4.78, 5) is 0. The Morgan fingerprint density at radius 2 is 2.00 bits per heavy atom. The Morgan fingerprint density at radius 3 is 2.85 bits per heavy atom. The Morgan fingerprint density at radius 1 is 1.23 bits per heavy atom. The molecular weight excluding hydrogens is 256 g/mol. The van der Waals surface area contributed by atoms with Gasteiger partial charge in [-0.05, 0) is 6.42 Å². The van der Waals surface area contributed by atoms with Gasteiger partial charge in [-0.25, -0.2) is 0 Å². The van der Waals surface area contributed by atoms with Crippen molar-refractivity contribution < 1.29 is 0 Å². The molecule has 0 aromatic carbocycles. The molecular formula is C8H6S5. The lowest BCUT2D eigenvalue weighted by Gasteiger charge is -2.22. The number of allylic oxidation sites excluding steroid dienone is 1. The van der Waals surface area contributed by atoms with Gasteiger partial charge in [0.15, 0.2) is 0 Å². The Kier molecular flexibility index (Phi) is 2.33. The van der Waals surface area contributed by atoms with Crippen molar-refractivity contribution in [2.24, 2.45) is 0 Å². The van der Waals surface area contributed by atoms with E-state index < -0.39 is 0 Å². The minimum Gasteiger partial charge on any atom is -0.108 e. The van der Waals surface area contributed by atoms with Gasteiger partial charge in [-0.3, -0.25) is 0 Å². The molecule has 0 radical (unpaired) electrons. The van der Waals surface area contributed by atoms with Crippen molar-refractivity contribution in [3.8, 4) is 0 Å². The van der Waals surface area contributed by atoms with Gasteiger partial charge in [0, 0.05) is 10.5 Å². The fourth-order valence-electron chi connectivity index (χ4n) is 1.50. The first-order valence-corrected chi connectivity index (χ1v) is 7.77. The van der Waals surface area contributed by atoms with Crippen LogP contribution in [-0.4, -0.2) is 10.5 Å². The van der Waals surface area contributed by atoms with E-state index in [1.54, 1.807) is 22.7 Å². The Hall–Kier alpha value is 0.710. The zero-order valence-electron chi connectivity index (χ0n) is 6.56. The second kappa shape index (κ2) is 3.38. The van der Waals surface area contributed by atoms with Crippen molar-refractivity contribution in [2.45, 2.75) is 25.3 Å². The molecule has 1 aromatic rings. The predicted molar refractivity (Wildman–Crippen MR) is 66.1 cm³/mol. The predicted octanol–water partition coefficient (Wildman–Crippen LogP) is 4.43. The lowest BCUT2D eigenvalue weighted by molar-refractivity contribution is 0.958. The topological polar surface area (TPSA) is 0 Å². The summed E-state index contributed by atoms with van der Waals surface area (Å²) in [5, 5.41) is 1.48. The van der Waals surface area contributed by atoms with Gasteiger partial charge in [-0.15, -0.1) is 46.2 Å². The minimum atomic E-state index is 0.706. The third-order valence-corrected chi connectivity index (χ3v) is 8.34. The van der Waals surface area contributed by atoms with E-state index in [0.29, 0.717) is 5.25 Å².